The van der Waals surface area contributed by atoms with Crippen LogP contribution < -0.4 is 0 Å². The van der Waals surface area contributed by atoms with Gasteiger partial charge in [0.05, 0.1) is 0 Å². The molecular weight excluding hydrogens is 301 g/mol. The minimum Gasteiger partial charge on any atom is -0.320 e. The number of carbonyl (C=O) groups excluding carboxylic acids is 1. The molecule has 110 valence electrons. The van der Waals surface area contributed by atoms with Crippen LogP contribution in [0, 0.1) is 5.82 Å². The second-order valence-corrected chi connectivity index (χ2v) is 8.08. The summed E-state index contributed by atoms with van der Waals surface area (Å²) in [5.74, 6) is 0.331. The summed E-state index contributed by atoms with van der Waals surface area (Å²) in [4.78, 5) is 13.8. The van der Waals surface area contributed by atoms with Crippen molar-refractivity contribution in [1.29, 1.82) is 0 Å². The van der Waals surface area contributed by atoms with Crippen molar-refractivity contribution < 1.29 is 17.6 Å². The minimum absolute atomic E-state index is 0.00538. The molecule has 1 aliphatic heterocycles. The summed E-state index contributed by atoms with van der Waals surface area (Å²) in [6.45, 7) is 1.97. The zero-order valence-electron chi connectivity index (χ0n) is 11.1. The van der Waals surface area contributed by atoms with E-state index in [2.05, 4.69) is 0 Å². The fraction of sp³-hybridized carbons (Fsp3) is 0.462. The average molecular weight is 317 g/mol. The smallest absolute Gasteiger partial charge is 0.254 e. The number of hydrogen-bond donors (Lipinski definition) is 0. The van der Waals surface area contributed by atoms with Crippen molar-refractivity contribution in [3.05, 3.63) is 35.6 Å². The lowest BCUT2D eigenvalue weighted by atomic mass is 10.2. The Morgan fingerprint density at radius 2 is 2.05 bits per heavy atom. The normalized spacial score (nSPS) is 19.9. The first kappa shape index (κ1) is 15.3. The summed E-state index contributed by atoms with van der Waals surface area (Å²) in [6.07, 6.45) is 0. The highest BCUT2D eigenvalue weighted by molar-refractivity contribution is 8.01. The van der Waals surface area contributed by atoms with Gasteiger partial charge in [-0.3, -0.25) is 4.79 Å². The Hall–Kier alpha value is -1.08. The number of benzene rings is 1. The van der Waals surface area contributed by atoms with E-state index in [1.54, 1.807) is 6.92 Å². The molecule has 0 aromatic heterocycles. The van der Waals surface area contributed by atoms with Gasteiger partial charge in [0.2, 0.25) is 0 Å². The van der Waals surface area contributed by atoms with E-state index in [1.165, 1.54) is 40.9 Å². The van der Waals surface area contributed by atoms with Crippen LogP contribution in [0.3, 0.4) is 0 Å². The second kappa shape index (κ2) is 6.13. The summed E-state index contributed by atoms with van der Waals surface area (Å²) < 4.78 is 37.1. The maximum Gasteiger partial charge on any atom is 0.254 e. The Kier molecular flexibility index (Phi) is 4.70. The highest BCUT2D eigenvalue weighted by Crippen LogP contribution is 2.23. The van der Waals surface area contributed by atoms with Crippen LogP contribution in [0.15, 0.2) is 24.3 Å². The molecule has 4 nitrogen and oxygen atoms in total. The molecule has 7 heteroatoms. The van der Waals surface area contributed by atoms with Gasteiger partial charge in [0.1, 0.15) is 11.2 Å². The quantitative estimate of drug-likeness (QED) is 0.853. The maximum absolute atomic E-state index is 12.9. The van der Waals surface area contributed by atoms with E-state index in [0.717, 1.165) is 0 Å². The summed E-state index contributed by atoms with van der Waals surface area (Å²) in [6, 6.07) is 5.18. The Bertz CT molecular complexity index is 586. The van der Waals surface area contributed by atoms with Crippen LogP contribution in [0.4, 0.5) is 4.39 Å². The van der Waals surface area contributed by atoms with Gasteiger partial charge in [0, 0.05) is 29.4 Å². The van der Waals surface area contributed by atoms with Gasteiger partial charge in [-0.25, -0.2) is 12.8 Å². The first-order valence-electron chi connectivity index (χ1n) is 6.31. The van der Waals surface area contributed by atoms with Gasteiger partial charge in [-0.05, 0) is 24.3 Å². The SMILES string of the molecule is CCS(=O)(=O)C1CSCCN1C(=O)c1ccc(F)cc1. The lowest BCUT2D eigenvalue weighted by Gasteiger charge is -2.34. The van der Waals surface area contributed by atoms with Gasteiger partial charge < -0.3 is 4.90 Å². The third-order valence-corrected chi connectivity index (χ3v) is 6.54. The van der Waals surface area contributed by atoms with Crippen molar-refractivity contribution in [1.82, 2.24) is 4.90 Å². The molecule has 0 radical (unpaired) electrons. The highest BCUT2D eigenvalue weighted by Gasteiger charge is 2.36. The fourth-order valence-corrected chi connectivity index (χ4v) is 5.03. The molecule has 1 aromatic rings. The van der Waals surface area contributed by atoms with Crippen molar-refractivity contribution in [2.75, 3.05) is 23.8 Å². The molecule has 2 rings (SSSR count). The van der Waals surface area contributed by atoms with E-state index in [9.17, 15) is 17.6 Å². The lowest BCUT2D eigenvalue weighted by Crippen LogP contribution is -2.50. The number of thioether (sulfide) groups is 1. The first-order valence-corrected chi connectivity index (χ1v) is 9.18. The highest BCUT2D eigenvalue weighted by atomic mass is 32.2. The molecule has 0 saturated carbocycles. The third-order valence-electron chi connectivity index (χ3n) is 3.25. The molecule has 0 N–H and O–H groups in total. The van der Waals surface area contributed by atoms with Crippen LogP contribution in [0.1, 0.15) is 17.3 Å². The molecule has 1 saturated heterocycles. The van der Waals surface area contributed by atoms with Crippen molar-refractivity contribution in [3.8, 4) is 0 Å². The monoisotopic (exact) mass is 317 g/mol. The number of amides is 1. The predicted octanol–water partition coefficient (Wildman–Crippen LogP) is 1.78. The van der Waals surface area contributed by atoms with Gasteiger partial charge in [-0.15, -0.1) is 0 Å². The molecule has 1 heterocycles. The van der Waals surface area contributed by atoms with Gasteiger partial charge >= 0.3 is 0 Å². The second-order valence-electron chi connectivity index (χ2n) is 4.49. The fourth-order valence-electron chi connectivity index (χ4n) is 2.06. The molecule has 1 unspecified atom stereocenters. The van der Waals surface area contributed by atoms with Gasteiger partial charge in [-0.1, -0.05) is 6.92 Å². The summed E-state index contributed by atoms with van der Waals surface area (Å²) in [5, 5.41) is -0.788. The molecular formula is C13H16FNO3S2. The number of hydrogen-bond acceptors (Lipinski definition) is 4. The zero-order chi connectivity index (χ0) is 14.8. The minimum atomic E-state index is -3.32. The molecule has 1 aromatic carbocycles. The Balaban J connectivity index is 2.28. The zero-order valence-corrected chi connectivity index (χ0v) is 12.7. The Morgan fingerprint density at radius 1 is 1.40 bits per heavy atom. The van der Waals surface area contributed by atoms with Crippen molar-refractivity contribution in [3.63, 3.8) is 0 Å². The Labute approximate surface area is 122 Å². The average Bonchev–Trinajstić information content (AvgIpc) is 2.47. The standard InChI is InChI=1S/C13H16FNO3S2/c1-2-20(17,18)12-9-19-8-7-15(12)13(16)10-3-5-11(14)6-4-10/h3-6,12H,2,7-9H2,1H3. The van der Waals surface area contributed by atoms with Crippen LogP contribution in [0.5, 0.6) is 0 Å². The van der Waals surface area contributed by atoms with E-state index >= 15 is 0 Å². The predicted molar refractivity (Wildman–Crippen MR) is 78.0 cm³/mol. The van der Waals surface area contributed by atoms with Gasteiger partial charge in [0.25, 0.3) is 5.91 Å². The van der Waals surface area contributed by atoms with Gasteiger partial charge in [-0.2, -0.15) is 11.8 Å². The first-order chi connectivity index (χ1) is 9.45. The van der Waals surface area contributed by atoms with Gasteiger partial charge in [0.15, 0.2) is 9.84 Å². The molecule has 0 bridgehead atoms. The lowest BCUT2D eigenvalue weighted by molar-refractivity contribution is 0.0749. The molecule has 1 aliphatic rings. The van der Waals surface area contributed by atoms with Crippen molar-refractivity contribution in [2.45, 2.75) is 12.3 Å². The topological polar surface area (TPSA) is 54.5 Å². The largest absolute Gasteiger partial charge is 0.320 e. The van der Waals surface area contributed by atoms with Crippen LogP contribution in [0.25, 0.3) is 0 Å². The van der Waals surface area contributed by atoms with Crippen LogP contribution in [-0.2, 0) is 9.84 Å². The summed E-state index contributed by atoms with van der Waals surface area (Å²) >= 11 is 1.53. The number of halogens is 1. The van der Waals surface area contributed by atoms with Crippen molar-refractivity contribution >= 4 is 27.5 Å². The van der Waals surface area contributed by atoms with E-state index < -0.39 is 21.0 Å². The number of sulfone groups is 1. The molecule has 1 fully saturated rings. The van der Waals surface area contributed by atoms with Crippen molar-refractivity contribution in [2.24, 2.45) is 0 Å². The van der Waals surface area contributed by atoms with Crippen LogP contribution >= 0.6 is 11.8 Å². The maximum atomic E-state index is 12.9. The van der Waals surface area contributed by atoms with E-state index in [0.29, 0.717) is 23.6 Å². The van der Waals surface area contributed by atoms with E-state index in [4.69, 9.17) is 0 Å². The molecule has 0 spiro atoms. The Morgan fingerprint density at radius 3 is 2.65 bits per heavy atom. The summed E-state index contributed by atoms with van der Waals surface area (Å²) in [5.41, 5.74) is 0.314. The molecule has 0 aliphatic carbocycles. The molecule has 1 amide bonds. The van der Waals surface area contributed by atoms with E-state index in [1.807, 2.05) is 0 Å². The molecule has 20 heavy (non-hydrogen) atoms. The summed E-state index contributed by atoms with van der Waals surface area (Å²) in [7, 11) is -3.32. The van der Waals surface area contributed by atoms with E-state index in [-0.39, 0.29) is 11.7 Å². The number of carbonyl (C=O) groups is 1. The third kappa shape index (κ3) is 3.15. The number of nitrogens with zero attached hydrogens (tertiary/aromatic N) is 1. The van der Waals surface area contributed by atoms with Crippen LogP contribution in [0.2, 0.25) is 0 Å². The number of rotatable bonds is 3. The molecule has 1 atom stereocenters. The van der Waals surface area contributed by atoms with Crippen LogP contribution in [-0.4, -0.2) is 48.4 Å².